The van der Waals surface area contributed by atoms with Gasteiger partial charge in [0.15, 0.2) is 6.04 Å². The number of quaternary nitrogens is 1. The van der Waals surface area contributed by atoms with Gasteiger partial charge in [-0.25, -0.2) is 0 Å². The average molecular weight is 375 g/mol. The summed E-state index contributed by atoms with van der Waals surface area (Å²) in [5.74, 6) is 0.266. The van der Waals surface area contributed by atoms with Crippen molar-refractivity contribution in [3.05, 3.63) is 0 Å². The van der Waals surface area contributed by atoms with Gasteiger partial charge >= 0.3 is 0 Å². The van der Waals surface area contributed by atoms with Gasteiger partial charge in [0.2, 0.25) is 0 Å². The molecule has 0 saturated carbocycles. The van der Waals surface area contributed by atoms with E-state index in [1.54, 1.807) is 0 Å². The second-order valence-corrected chi connectivity index (χ2v) is 7.66. The van der Waals surface area contributed by atoms with Crippen molar-refractivity contribution in [1.29, 1.82) is 0 Å². The van der Waals surface area contributed by atoms with Gasteiger partial charge in [0.1, 0.15) is 0 Å². The molecule has 1 aliphatic heterocycles. The number of unbranched alkanes of at least 4 members (excludes halogenated alkanes) is 13. The number of nitrogens with one attached hydrogen (secondary N) is 1. The molecule has 150 valence electrons. The zero-order valence-electron chi connectivity index (χ0n) is 16.7. The number of halogens is 1. The third-order valence-electron chi connectivity index (χ3n) is 5.34. The average Bonchev–Trinajstić information content (AvgIpc) is 3.13. The van der Waals surface area contributed by atoms with E-state index in [2.05, 4.69) is 17.6 Å². The lowest BCUT2D eigenvalue weighted by molar-refractivity contribution is -0.657. The Morgan fingerprint density at radius 1 is 0.840 bits per heavy atom. The molecule has 0 aromatic rings. The van der Waals surface area contributed by atoms with Crippen molar-refractivity contribution in [2.75, 3.05) is 13.1 Å². The van der Waals surface area contributed by atoms with E-state index in [0.29, 0.717) is 0 Å². The lowest BCUT2D eigenvalue weighted by Crippen LogP contribution is -3.00. The largest absolute Gasteiger partial charge is 1.00 e. The van der Waals surface area contributed by atoms with E-state index in [9.17, 15) is 4.79 Å². The minimum atomic E-state index is 0. The minimum Gasteiger partial charge on any atom is -1.00 e. The number of amides is 1. The summed E-state index contributed by atoms with van der Waals surface area (Å²) < 4.78 is 0. The van der Waals surface area contributed by atoms with Gasteiger partial charge in [-0.05, 0) is 6.42 Å². The first-order valence-corrected chi connectivity index (χ1v) is 11.0. The summed E-state index contributed by atoms with van der Waals surface area (Å²) in [4.78, 5) is 11.8. The Labute approximate surface area is 162 Å². The first-order valence-electron chi connectivity index (χ1n) is 11.0. The van der Waals surface area contributed by atoms with Crippen LogP contribution in [0, 0.1) is 0 Å². The predicted octanol–water partition coefficient (Wildman–Crippen LogP) is 1.31. The van der Waals surface area contributed by atoms with Crippen molar-refractivity contribution in [3.8, 4) is 0 Å². The molecule has 0 unspecified atom stereocenters. The van der Waals surface area contributed by atoms with Crippen LogP contribution >= 0.6 is 0 Å². The van der Waals surface area contributed by atoms with Crippen LogP contribution in [-0.4, -0.2) is 25.0 Å². The van der Waals surface area contributed by atoms with Gasteiger partial charge in [0.25, 0.3) is 5.91 Å². The van der Waals surface area contributed by atoms with Crippen molar-refractivity contribution in [1.82, 2.24) is 5.32 Å². The highest BCUT2D eigenvalue weighted by molar-refractivity contribution is 5.80. The maximum Gasteiger partial charge on any atom is 0.278 e. The SMILES string of the molecule is CCCCCCCCCCCCCCCCNC(=O)[C@@H]1CCC[NH2+]1.[Cl-]. The van der Waals surface area contributed by atoms with Crippen LogP contribution in [0.1, 0.15) is 110 Å². The normalized spacial score (nSPS) is 16.6. The molecule has 3 N–H and O–H groups in total. The molecule has 1 atom stereocenters. The molecular weight excluding hydrogens is 332 g/mol. The fourth-order valence-electron chi connectivity index (χ4n) is 3.68. The van der Waals surface area contributed by atoms with Gasteiger partial charge in [-0.15, -0.1) is 0 Å². The summed E-state index contributed by atoms with van der Waals surface area (Å²) in [6.45, 7) is 4.28. The Bertz CT molecular complexity index is 294. The lowest BCUT2D eigenvalue weighted by atomic mass is 10.0. The van der Waals surface area contributed by atoms with E-state index < -0.39 is 0 Å². The molecule has 1 saturated heterocycles. The van der Waals surface area contributed by atoms with E-state index in [0.717, 1.165) is 25.9 Å². The zero-order valence-corrected chi connectivity index (χ0v) is 17.4. The molecule has 1 fully saturated rings. The van der Waals surface area contributed by atoms with Crippen molar-refractivity contribution >= 4 is 5.91 Å². The van der Waals surface area contributed by atoms with Crippen molar-refractivity contribution in [3.63, 3.8) is 0 Å². The van der Waals surface area contributed by atoms with E-state index in [1.807, 2.05) is 0 Å². The van der Waals surface area contributed by atoms with E-state index in [-0.39, 0.29) is 24.4 Å². The second-order valence-electron chi connectivity index (χ2n) is 7.66. The van der Waals surface area contributed by atoms with Crippen LogP contribution in [0.25, 0.3) is 0 Å². The van der Waals surface area contributed by atoms with Crippen molar-refractivity contribution in [2.24, 2.45) is 0 Å². The smallest absolute Gasteiger partial charge is 0.278 e. The van der Waals surface area contributed by atoms with Gasteiger partial charge in [-0.3, -0.25) is 4.79 Å². The summed E-state index contributed by atoms with van der Waals surface area (Å²) in [5, 5.41) is 5.28. The molecule has 1 rings (SSSR count). The van der Waals surface area contributed by atoms with Crippen LogP contribution in [0.15, 0.2) is 0 Å². The Balaban J connectivity index is 0.00000576. The predicted molar refractivity (Wildman–Crippen MR) is 103 cm³/mol. The van der Waals surface area contributed by atoms with E-state index >= 15 is 0 Å². The number of hydrogen-bond acceptors (Lipinski definition) is 1. The molecule has 1 amide bonds. The highest BCUT2D eigenvalue weighted by atomic mass is 35.5. The monoisotopic (exact) mass is 374 g/mol. The van der Waals surface area contributed by atoms with Crippen molar-refractivity contribution < 1.29 is 22.5 Å². The van der Waals surface area contributed by atoms with Crippen LogP contribution in [0.3, 0.4) is 0 Å². The van der Waals surface area contributed by atoms with Crippen LogP contribution < -0.4 is 23.0 Å². The minimum absolute atomic E-state index is 0. The molecule has 0 aromatic heterocycles. The Morgan fingerprint density at radius 3 is 1.76 bits per heavy atom. The van der Waals surface area contributed by atoms with Gasteiger partial charge in [-0.2, -0.15) is 0 Å². The Hall–Kier alpha value is -0.280. The molecule has 4 heteroatoms. The molecule has 0 aromatic carbocycles. The standard InChI is InChI=1S/C21H42N2O.ClH/c1-2-3-4-5-6-7-8-9-10-11-12-13-14-15-18-23-21(24)20-17-16-19-22-20;/h20,22H,2-19H2,1H3,(H,23,24);1H/t20-;/m0./s1. The lowest BCUT2D eigenvalue weighted by Gasteiger charge is -2.08. The van der Waals surface area contributed by atoms with Crippen LogP contribution in [0.5, 0.6) is 0 Å². The molecule has 0 spiro atoms. The van der Waals surface area contributed by atoms with E-state index in [1.165, 1.54) is 89.9 Å². The van der Waals surface area contributed by atoms with Crippen LogP contribution in [0.4, 0.5) is 0 Å². The number of nitrogens with two attached hydrogens (primary N) is 1. The van der Waals surface area contributed by atoms with Crippen molar-refractivity contribution in [2.45, 2.75) is 116 Å². The van der Waals surface area contributed by atoms with Gasteiger partial charge in [0, 0.05) is 19.4 Å². The summed E-state index contributed by atoms with van der Waals surface area (Å²) in [5.41, 5.74) is 0. The number of hydrogen-bond donors (Lipinski definition) is 2. The maximum atomic E-state index is 11.8. The molecule has 0 bridgehead atoms. The maximum absolute atomic E-state index is 11.8. The number of carbonyl (C=O) groups is 1. The fourth-order valence-corrected chi connectivity index (χ4v) is 3.68. The third kappa shape index (κ3) is 14.6. The summed E-state index contributed by atoms with van der Waals surface area (Å²) in [6.07, 6.45) is 21.6. The molecule has 1 aliphatic rings. The molecule has 0 radical (unpaired) electrons. The fraction of sp³-hybridized carbons (Fsp3) is 0.952. The van der Waals surface area contributed by atoms with Gasteiger partial charge in [-0.1, -0.05) is 90.4 Å². The molecule has 0 aliphatic carbocycles. The number of carbonyl (C=O) groups excluding carboxylic acids is 1. The first kappa shape index (κ1) is 24.7. The molecule has 25 heavy (non-hydrogen) atoms. The first-order chi connectivity index (χ1) is 11.8. The zero-order chi connectivity index (χ0) is 17.3. The summed E-state index contributed by atoms with van der Waals surface area (Å²) in [6, 6.07) is 0.205. The van der Waals surface area contributed by atoms with Gasteiger partial charge < -0.3 is 23.0 Å². The second kappa shape index (κ2) is 18.5. The Kier molecular flexibility index (Phi) is 18.3. The van der Waals surface area contributed by atoms with E-state index in [4.69, 9.17) is 0 Å². The molecule has 3 nitrogen and oxygen atoms in total. The molecule has 1 heterocycles. The van der Waals surface area contributed by atoms with Crippen LogP contribution in [0.2, 0.25) is 0 Å². The Morgan fingerprint density at radius 2 is 1.32 bits per heavy atom. The topological polar surface area (TPSA) is 45.7 Å². The summed E-state index contributed by atoms with van der Waals surface area (Å²) in [7, 11) is 0. The number of rotatable bonds is 16. The van der Waals surface area contributed by atoms with Gasteiger partial charge in [0.05, 0.1) is 6.54 Å². The highest BCUT2D eigenvalue weighted by Crippen LogP contribution is 2.12. The van der Waals surface area contributed by atoms with Crippen LogP contribution in [-0.2, 0) is 4.79 Å². The summed E-state index contributed by atoms with van der Waals surface area (Å²) >= 11 is 0. The third-order valence-corrected chi connectivity index (χ3v) is 5.34. The quantitative estimate of drug-likeness (QED) is 0.393. The molecular formula is C21H43ClN2O. The highest BCUT2D eigenvalue weighted by Gasteiger charge is 2.25.